The third-order valence-electron chi connectivity index (χ3n) is 4.78. The summed E-state index contributed by atoms with van der Waals surface area (Å²) in [6, 6.07) is 11.8. The van der Waals surface area contributed by atoms with Crippen LogP contribution in [-0.2, 0) is 0 Å². The summed E-state index contributed by atoms with van der Waals surface area (Å²) in [5, 5.41) is 2.85. The predicted molar refractivity (Wildman–Crippen MR) is 110 cm³/mol. The molecule has 1 aliphatic rings. The number of para-hydroxylation sites is 1. The quantitative estimate of drug-likeness (QED) is 0.818. The fraction of sp³-hybridized carbons (Fsp3) is 0.381. The molecule has 7 heteroatoms. The Morgan fingerprint density at radius 3 is 2.39 bits per heavy atom. The highest BCUT2D eigenvalue weighted by Crippen LogP contribution is 2.17. The van der Waals surface area contributed by atoms with Gasteiger partial charge in [0.05, 0.1) is 11.1 Å². The summed E-state index contributed by atoms with van der Waals surface area (Å²) in [5.41, 5.74) is 2.04. The van der Waals surface area contributed by atoms with Crippen molar-refractivity contribution in [1.82, 2.24) is 20.1 Å². The summed E-state index contributed by atoms with van der Waals surface area (Å²) in [6.45, 7) is 4.16. The number of likely N-dealkylation sites (N-methyl/N-ethyl adjacent to an activating group) is 1. The molecular formula is C21H27N5O2. The van der Waals surface area contributed by atoms with Gasteiger partial charge in [0.15, 0.2) is 0 Å². The normalized spacial score (nSPS) is 14.2. The molecule has 0 atom stereocenters. The van der Waals surface area contributed by atoms with Crippen LogP contribution in [0, 0.1) is 0 Å². The van der Waals surface area contributed by atoms with Crippen molar-refractivity contribution in [3.8, 4) is 0 Å². The molecule has 0 spiro atoms. The number of nitrogens with one attached hydrogen (secondary N) is 1. The van der Waals surface area contributed by atoms with E-state index >= 15 is 0 Å². The summed E-state index contributed by atoms with van der Waals surface area (Å²) in [7, 11) is 3.90. The summed E-state index contributed by atoms with van der Waals surface area (Å²) in [5.74, 6) is -0.291. The second-order valence-corrected chi connectivity index (χ2v) is 7.14. The van der Waals surface area contributed by atoms with E-state index in [0.717, 1.165) is 19.6 Å². The van der Waals surface area contributed by atoms with Crippen LogP contribution in [-0.4, -0.2) is 80.0 Å². The number of aromatic nitrogens is 1. The van der Waals surface area contributed by atoms with Gasteiger partial charge in [0.2, 0.25) is 0 Å². The van der Waals surface area contributed by atoms with E-state index in [2.05, 4.69) is 27.3 Å². The molecule has 2 amide bonds. The van der Waals surface area contributed by atoms with Crippen molar-refractivity contribution in [2.75, 3.05) is 58.3 Å². The van der Waals surface area contributed by atoms with Crippen molar-refractivity contribution in [3.63, 3.8) is 0 Å². The van der Waals surface area contributed by atoms with E-state index in [1.165, 1.54) is 18.1 Å². The second-order valence-electron chi connectivity index (χ2n) is 7.14. The van der Waals surface area contributed by atoms with E-state index in [0.29, 0.717) is 30.8 Å². The maximum Gasteiger partial charge on any atom is 0.255 e. The molecule has 0 bridgehead atoms. The van der Waals surface area contributed by atoms with Crippen LogP contribution in [0.15, 0.2) is 48.8 Å². The molecule has 28 heavy (non-hydrogen) atoms. The molecule has 0 unspecified atom stereocenters. The minimum atomic E-state index is -0.210. The van der Waals surface area contributed by atoms with Crippen molar-refractivity contribution >= 4 is 17.5 Å². The standard InChI is InChI=1S/C21H27N5O2/c1-24(2)9-8-23-20(27)17-14-18(16-22-15-17)21(28)26-12-10-25(11-13-26)19-6-4-3-5-7-19/h3-7,14-16H,8-13H2,1-2H3,(H,23,27). The zero-order valence-electron chi connectivity index (χ0n) is 16.5. The maximum absolute atomic E-state index is 12.9. The molecule has 0 radical (unpaired) electrons. The van der Waals surface area contributed by atoms with Crippen LogP contribution >= 0.6 is 0 Å². The number of pyridine rings is 1. The van der Waals surface area contributed by atoms with Gasteiger partial charge in [-0.2, -0.15) is 0 Å². The number of carbonyl (C=O) groups is 2. The van der Waals surface area contributed by atoms with Gasteiger partial charge in [-0.25, -0.2) is 0 Å². The fourth-order valence-electron chi connectivity index (χ4n) is 3.17. The number of carbonyl (C=O) groups excluding carboxylic acids is 2. The van der Waals surface area contributed by atoms with Gasteiger partial charge >= 0.3 is 0 Å². The van der Waals surface area contributed by atoms with Crippen molar-refractivity contribution in [2.45, 2.75) is 0 Å². The smallest absolute Gasteiger partial charge is 0.255 e. The van der Waals surface area contributed by atoms with Gasteiger partial charge in [-0.3, -0.25) is 14.6 Å². The maximum atomic E-state index is 12.9. The van der Waals surface area contributed by atoms with E-state index in [1.54, 1.807) is 6.07 Å². The number of benzene rings is 1. The third-order valence-corrected chi connectivity index (χ3v) is 4.78. The van der Waals surface area contributed by atoms with Crippen molar-refractivity contribution < 1.29 is 9.59 Å². The van der Waals surface area contributed by atoms with Crippen molar-refractivity contribution in [2.24, 2.45) is 0 Å². The number of anilines is 1. The molecule has 7 nitrogen and oxygen atoms in total. The predicted octanol–water partition coefficient (Wildman–Crippen LogP) is 1.34. The first-order valence-corrected chi connectivity index (χ1v) is 9.52. The number of hydrogen-bond donors (Lipinski definition) is 1. The summed E-state index contributed by atoms with van der Waals surface area (Å²) in [6.07, 6.45) is 3.03. The number of rotatable bonds is 6. The van der Waals surface area contributed by atoms with Crippen LogP contribution in [0.25, 0.3) is 0 Å². The average molecular weight is 381 g/mol. The van der Waals surface area contributed by atoms with E-state index in [9.17, 15) is 9.59 Å². The Labute approximate surface area is 166 Å². The van der Waals surface area contributed by atoms with E-state index in [-0.39, 0.29) is 11.8 Å². The molecule has 1 aromatic carbocycles. The lowest BCUT2D eigenvalue weighted by atomic mass is 10.1. The molecule has 1 aliphatic heterocycles. The topological polar surface area (TPSA) is 68.8 Å². The summed E-state index contributed by atoms with van der Waals surface area (Å²) < 4.78 is 0. The number of amides is 2. The highest BCUT2D eigenvalue weighted by molar-refractivity contribution is 5.99. The average Bonchev–Trinajstić information content (AvgIpc) is 2.74. The van der Waals surface area contributed by atoms with Crippen molar-refractivity contribution in [3.05, 3.63) is 59.9 Å². The third kappa shape index (κ3) is 5.07. The molecule has 148 valence electrons. The monoisotopic (exact) mass is 381 g/mol. The Balaban J connectivity index is 1.58. The van der Waals surface area contributed by atoms with E-state index < -0.39 is 0 Å². The largest absolute Gasteiger partial charge is 0.368 e. The zero-order valence-corrected chi connectivity index (χ0v) is 16.5. The van der Waals surface area contributed by atoms with Gasteiger partial charge in [0, 0.05) is 57.3 Å². The van der Waals surface area contributed by atoms with Gasteiger partial charge in [0.1, 0.15) is 0 Å². The molecule has 1 fully saturated rings. The summed E-state index contributed by atoms with van der Waals surface area (Å²) >= 11 is 0. The highest BCUT2D eigenvalue weighted by Gasteiger charge is 2.23. The lowest BCUT2D eigenvalue weighted by Crippen LogP contribution is -2.48. The van der Waals surface area contributed by atoms with Crippen LogP contribution < -0.4 is 10.2 Å². The van der Waals surface area contributed by atoms with Crippen molar-refractivity contribution in [1.29, 1.82) is 0 Å². The first-order valence-electron chi connectivity index (χ1n) is 9.52. The van der Waals surface area contributed by atoms with Crippen LogP contribution in [0.4, 0.5) is 5.69 Å². The van der Waals surface area contributed by atoms with Crippen LogP contribution in [0.5, 0.6) is 0 Å². The first kappa shape index (κ1) is 19.8. The lowest BCUT2D eigenvalue weighted by molar-refractivity contribution is 0.0746. The number of hydrogen-bond acceptors (Lipinski definition) is 5. The Bertz CT molecular complexity index is 801. The van der Waals surface area contributed by atoms with E-state index in [1.807, 2.05) is 42.1 Å². The van der Waals surface area contributed by atoms with Gasteiger partial charge in [-0.1, -0.05) is 18.2 Å². The lowest BCUT2D eigenvalue weighted by Gasteiger charge is -2.36. The van der Waals surface area contributed by atoms with Crippen LogP contribution in [0.2, 0.25) is 0 Å². The van der Waals surface area contributed by atoms with E-state index in [4.69, 9.17) is 0 Å². The zero-order chi connectivity index (χ0) is 19.9. The second kappa shape index (κ2) is 9.32. The molecule has 0 saturated carbocycles. The molecular weight excluding hydrogens is 354 g/mol. The van der Waals surface area contributed by atoms with Gasteiger partial charge in [-0.05, 0) is 32.3 Å². The number of piperazine rings is 1. The summed E-state index contributed by atoms with van der Waals surface area (Å²) in [4.78, 5) is 35.3. The molecule has 1 aromatic heterocycles. The SMILES string of the molecule is CN(C)CCNC(=O)c1cncc(C(=O)N2CCN(c3ccccc3)CC2)c1. The minimum absolute atomic E-state index is 0.0804. The van der Waals surface area contributed by atoms with Crippen LogP contribution in [0.1, 0.15) is 20.7 Å². The minimum Gasteiger partial charge on any atom is -0.368 e. The van der Waals surface area contributed by atoms with Gasteiger partial charge < -0.3 is 20.0 Å². The first-order chi connectivity index (χ1) is 13.5. The molecule has 1 saturated heterocycles. The Morgan fingerprint density at radius 2 is 1.71 bits per heavy atom. The molecule has 1 N–H and O–H groups in total. The highest BCUT2D eigenvalue weighted by atomic mass is 16.2. The number of nitrogens with zero attached hydrogens (tertiary/aromatic N) is 4. The molecule has 2 aromatic rings. The van der Waals surface area contributed by atoms with Gasteiger partial charge in [-0.15, -0.1) is 0 Å². The molecule has 0 aliphatic carbocycles. The fourth-order valence-corrected chi connectivity index (χ4v) is 3.17. The Kier molecular flexibility index (Phi) is 6.60. The Hall–Kier alpha value is -2.93. The molecule has 2 heterocycles. The van der Waals surface area contributed by atoms with Gasteiger partial charge in [0.25, 0.3) is 11.8 Å². The molecule has 3 rings (SSSR count). The Morgan fingerprint density at radius 1 is 1.04 bits per heavy atom. The van der Waals surface area contributed by atoms with Crippen LogP contribution in [0.3, 0.4) is 0 Å².